The van der Waals surface area contributed by atoms with E-state index in [9.17, 15) is 4.79 Å². The number of hydrazine groups is 1. The summed E-state index contributed by atoms with van der Waals surface area (Å²) in [5.74, 6) is 5.50. The van der Waals surface area contributed by atoms with E-state index in [0.717, 1.165) is 5.01 Å². The number of hydrogen-bond acceptors (Lipinski definition) is 5. The Kier molecular flexibility index (Phi) is 3.31. The molecule has 1 heterocycles. The van der Waals surface area contributed by atoms with Gasteiger partial charge in [0.2, 0.25) is 0 Å². The molecule has 15 heavy (non-hydrogen) atoms. The van der Waals surface area contributed by atoms with Crippen molar-refractivity contribution < 1.29 is 14.1 Å². The Balaban J connectivity index is 2.47. The van der Waals surface area contributed by atoms with Crippen LogP contribution in [0.25, 0.3) is 0 Å². The van der Waals surface area contributed by atoms with Crippen LogP contribution in [0.1, 0.15) is 26.3 Å². The maximum absolute atomic E-state index is 11.4. The van der Waals surface area contributed by atoms with E-state index in [4.69, 9.17) is 10.6 Å². The third-order valence-corrected chi connectivity index (χ3v) is 1.46. The van der Waals surface area contributed by atoms with Crippen LogP contribution in [0, 0.1) is 0 Å². The van der Waals surface area contributed by atoms with E-state index in [2.05, 4.69) is 9.68 Å². The summed E-state index contributed by atoms with van der Waals surface area (Å²) in [6, 6.07) is 0. The molecule has 0 saturated heterocycles. The molecule has 0 aliphatic rings. The van der Waals surface area contributed by atoms with Crippen LogP contribution < -0.4 is 5.84 Å². The molecule has 6 nitrogen and oxygen atoms in total. The second kappa shape index (κ2) is 4.31. The summed E-state index contributed by atoms with van der Waals surface area (Å²) in [5.41, 5.74) is 0.159. The lowest BCUT2D eigenvalue weighted by Crippen LogP contribution is -2.40. The van der Waals surface area contributed by atoms with E-state index >= 15 is 0 Å². The number of nitrogens with zero attached hydrogens (tertiary/aromatic N) is 2. The maximum atomic E-state index is 11.4. The smallest absolute Gasteiger partial charge is 0.424 e. The van der Waals surface area contributed by atoms with Crippen LogP contribution in [0.3, 0.4) is 0 Å². The van der Waals surface area contributed by atoms with Crippen LogP contribution in [0.2, 0.25) is 0 Å². The number of nitrogens with two attached hydrogens (primary N) is 1. The van der Waals surface area contributed by atoms with Crippen molar-refractivity contribution in [2.24, 2.45) is 5.84 Å². The van der Waals surface area contributed by atoms with Crippen molar-refractivity contribution in [1.29, 1.82) is 0 Å². The Morgan fingerprint density at radius 1 is 1.67 bits per heavy atom. The van der Waals surface area contributed by atoms with Crippen LogP contribution in [0.5, 0.6) is 0 Å². The lowest BCUT2D eigenvalue weighted by atomic mass is 10.2. The third-order valence-electron chi connectivity index (χ3n) is 1.46. The Bertz CT molecular complexity index is 316. The van der Waals surface area contributed by atoms with Gasteiger partial charge in [-0.1, -0.05) is 5.16 Å². The number of ether oxygens (including phenoxy) is 1. The zero-order valence-electron chi connectivity index (χ0n) is 9.06. The maximum Gasteiger partial charge on any atom is 0.424 e. The van der Waals surface area contributed by atoms with Crippen LogP contribution in [-0.4, -0.2) is 21.9 Å². The molecule has 0 spiro atoms. The van der Waals surface area contributed by atoms with E-state index in [1.165, 1.54) is 12.5 Å². The van der Waals surface area contributed by atoms with E-state index in [-0.39, 0.29) is 6.54 Å². The lowest BCUT2D eigenvalue weighted by molar-refractivity contribution is 0.0231. The molecule has 1 aromatic rings. The quantitative estimate of drug-likeness (QED) is 0.454. The van der Waals surface area contributed by atoms with Gasteiger partial charge in [0.15, 0.2) is 0 Å². The van der Waals surface area contributed by atoms with E-state index in [1.807, 2.05) is 0 Å². The van der Waals surface area contributed by atoms with Crippen LogP contribution >= 0.6 is 0 Å². The van der Waals surface area contributed by atoms with Gasteiger partial charge in [0, 0.05) is 5.56 Å². The van der Waals surface area contributed by atoms with Crippen molar-refractivity contribution in [2.75, 3.05) is 0 Å². The lowest BCUT2D eigenvalue weighted by Gasteiger charge is -2.23. The highest BCUT2D eigenvalue weighted by molar-refractivity contribution is 5.67. The Hall–Kier alpha value is -1.56. The number of rotatable bonds is 2. The van der Waals surface area contributed by atoms with Crippen molar-refractivity contribution in [3.05, 3.63) is 18.0 Å². The number of amides is 1. The van der Waals surface area contributed by atoms with E-state index in [1.54, 1.807) is 20.8 Å². The third kappa shape index (κ3) is 3.99. The predicted octanol–water partition coefficient (Wildman–Crippen LogP) is 1.29. The molecule has 0 atom stereocenters. The number of carbonyl (C=O) groups is 1. The van der Waals surface area contributed by atoms with Gasteiger partial charge in [0.05, 0.1) is 12.7 Å². The molecular formula is C9H15N3O3. The van der Waals surface area contributed by atoms with Gasteiger partial charge in [-0.05, 0) is 20.8 Å². The molecule has 84 valence electrons. The minimum absolute atomic E-state index is 0.207. The Morgan fingerprint density at radius 2 is 2.33 bits per heavy atom. The molecule has 1 amide bonds. The van der Waals surface area contributed by atoms with Crippen molar-refractivity contribution in [1.82, 2.24) is 10.2 Å². The molecule has 0 aliphatic carbocycles. The summed E-state index contributed by atoms with van der Waals surface area (Å²) in [5, 5.41) is 4.47. The predicted molar refractivity (Wildman–Crippen MR) is 52.5 cm³/mol. The zero-order valence-corrected chi connectivity index (χ0v) is 9.06. The fourth-order valence-corrected chi connectivity index (χ4v) is 0.887. The first kappa shape index (κ1) is 11.5. The van der Waals surface area contributed by atoms with Gasteiger partial charge in [-0.3, -0.25) is 0 Å². The number of aromatic nitrogens is 1. The Morgan fingerprint density at radius 3 is 2.80 bits per heavy atom. The van der Waals surface area contributed by atoms with Gasteiger partial charge in [0.1, 0.15) is 11.9 Å². The molecular weight excluding hydrogens is 198 g/mol. The average molecular weight is 213 g/mol. The molecule has 0 aliphatic heterocycles. The van der Waals surface area contributed by atoms with Crippen molar-refractivity contribution in [3.8, 4) is 0 Å². The first-order chi connectivity index (χ1) is 6.88. The van der Waals surface area contributed by atoms with E-state index in [0.29, 0.717) is 5.56 Å². The summed E-state index contributed by atoms with van der Waals surface area (Å²) in [6.45, 7) is 5.53. The molecule has 1 rings (SSSR count). The molecule has 2 N–H and O–H groups in total. The van der Waals surface area contributed by atoms with Crippen molar-refractivity contribution in [2.45, 2.75) is 32.9 Å². The largest absolute Gasteiger partial charge is 0.443 e. The molecule has 0 radical (unpaired) electrons. The topological polar surface area (TPSA) is 81.6 Å². The standard InChI is InChI=1S/C9H15N3O3/c1-9(2,3)15-8(13)12(10)5-7-4-11-14-6-7/h4,6H,5,10H2,1-3H3. The summed E-state index contributed by atoms with van der Waals surface area (Å²) in [7, 11) is 0. The molecule has 0 bridgehead atoms. The van der Waals surface area contributed by atoms with Gasteiger partial charge < -0.3 is 9.26 Å². The minimum atomic E-state index is -0.580. The second-order valence-electron chi connectivity index (χ2n) is 4.14. The van der Waals surface area contributed by atoms with E-state index < -0.39 is 11.7 Å². The van der Waals surface area contributed by atoms with Gasteiger partial charge in [0.25, 0.3) is 0 Å². The highest BCUT2D eigenvalue weighted by Gasteiger charge is 2.20. The monoisotopic (exact) mass is 213 g/mol. The highest BCUT2D eigenvalue weighted by Crippen LogP contribution is 2.09. The van der Waals surface area contributed by atoms with Gasteiger partial charge in [-0.2, -0.15) is 0 Å². The van der Waals surface area contributed by atoms with Gasteiger partial charge in [-0.25, -0.2) is 15.6 Å². The molecule has 1 aromatic heterocycles. The van der Waals surface area contributed by atoms with Crippen LogP contribution in [0.4, 0.5) is 4.79 Å². The number of carbonyl (C=O) groups excluding carboxylic acids is 1. The zero-order chi connectivity index (χ0) is 11.5. The van der Waals surface area contributed by atoms with Crippen molar-refractivity contribution >= 4 is 6.09 Å². The molecule has 0 aromatic carbocycles. The van der Waals surface area contributed by atoms with Gasteiger partial charge in [-0.15, -0.1) is 0 Å². The van der Waals surface area contributed by atoms with Crippen LogP contribution in [-0.2, 0) is 11.3 Å². The summed E-state index contributed by atoms with van der Waals surface area (Å²) in [6.07, 6.45) is 2.33. The van der Waals surface area contributed by atoms with Crippen LogP contribution in [0.15, 0.2) is 17.0 Å². The normalized spacial score (nSPS) is 11.2. The summed E-state index contributed by atoms with van der Waals surface area (Å²) < 4.78 is 9.67. The average Bonchev–Trinajstić information content (AvgIpc) is 2.53. The molecule has 0 unspecified atom stereocenters. The first-order valence-corrected chi connectivity index (χ1v) is 4.52. The summed E-state index contributed by atoms with van der Waals surface area (Å²) in [4.78, 5) is 11.4. The first-order valence-electron chi connectivity index (χ1n) is 4.52. The fourth-order valence-electron chi connectivity index (χ4n) is 0.887. The molecule has 6 heteroatoms. The fraction of sp³-hybridized carbons (Fsp3) is 0.556. The molecule has 0 saturated carbocycles. The number of hydrogen-bond donors (Lipinski definition) is 1. The van der Waals surface area contributed by atoms with Gasteiger partial charge >= 0.3 is 6.09 Å². The Labute approximate surface area is 87.9 Å². The second-order valence-corrected chi connectivity index (χ2v) is 4.14. The summed E-state index contributed by atoms with van der Waals surface area (Å²) >= 11 is 0. The SMILES string of the molecule is CC(C)(C)OC(=O)N(N)Cc1cnoc1. The minimum Gasteiger partial charge on any atom is -0.443 e. The highest BCUT2D eigenvalue weighted by atomic mass is 16.6. The molecule has 0 fully saturated rings. The van der Waals surface area contributed by atoms with Crippen molar-refractivity contribution in [3.63, 3.8) is 0 Å².